The summed E-state index contributed by atoms with van der Waals surface area (Å²) in [7, 11) is 1.59. The van der Waals surface area contributed by atoms with Crippen molar-refractivity contribution in [3.63, 3.8) is 0 Å². The lowest BCUT2D eigenvalue weighted by molar-refractivity contribution is -0.195. The van der Waals surface area contributed by atoms with Crippen molar-refractivity contribution in [3.8, 4) is 5.75 Å². The first-order chi connectivity index (χ1) is 9.69. The summed E-state index contributed by atoms with van der Waals surface area (Å²) in [6.45, 7) is 0. The molecule has 0 amide bonds. The summed E-state index contributed by atoms with van der Waals surface area (Å²) in [5.41, 5.74) is 1.62. The smallest absolute Gasteiger partial charge is 0.252 e. The highest BCUT2D eigenvalue weighted by molar-refractivity contribution is 9.09. The maximum atomic E-state index is 10.6. The van der Waals surface area contributed by atoms with Crippen molar-refractivity contribution in [2.75, 3.05) is 7.11 Å². The van der Waals surface area contributed by atoms with Crippen LogP contribution in [0.15, 0.2) is 54.6 Å². The third kappa shape index (κ3) is 1.95. The van der Waals surface area contributed by atoms with Gasteiger partial charge >= 0.3 is 0 Å². The van der Waals surface area contributed by atoms with E-state index in [0.29, 0.717) is 5.75 Å². The van der Waals surface area contributed by atoms with Crippen molar-refractivity contribution in [3.05, 3.63) is 65.7 Å². The second-order valence-corrected chi connectivity index (χ2v) is 5.71. The number of aliphatic hydroxyl groups excluding tert-OH is 1. The molecule has 0 bridgehead atoms. The van der Waals surface area contributed by atoms with Crippen LogP contribution in [0.3, 0.4) is 0 Å². The molecule has 2 aromatic carbocycles. The Bertz CT molecular complexity index is 602. The molecule has 1 aliphatic rings. The molecule has 2 aromatic rings. The Labute approximate surface area is 126 Å². The third-order valence-corrected chi connectivity index (χ3v) is 4.72. The van der Waals surface area contributed by atoms with Gasteiger partial charge in [0, 0.05) is 18.2 Å². The molecule has 3 rings (SSSR count). The highest BCUT2D eigenvalue weighted by Crippen LogP contribution is 2.48. The maximum Gasteiger partial charge on any atom is 0.252 e. The van der Waals surface area contributed by atoms with E-state index in [1.165, 1.54) is 0 Å². The monoisotopic (exact) mass is 334 g/mol. The van der Waals surface area contributed by atoms with Gasteiger partial charge in [0.1, 0.15) is 16.7 Å². The van der Waals surface area contributed by atoms with Crippen molar-refractivity contribution in [2.24, 2.45) is 0 Å². The van der Waals surface area contributed by atoms with E-state index in [1.54, 1.807) is 7.11 Å². The van der Waals surface area contributed by atoms with E-state index in [1.807, 2.05) is 54.6 Å². The van der Waals surface area contributed by atoms with Crippen molar-refractivity contribution in [1.82, 2.24) is 0 Å². The molecule has 104 valence electrons. The minimum Gasteiger partial charge on any atom is -0.456 e. The van der Waals surface area contributed by atoms with E-state index < -0.39 is 16.7 Å². The van der Waals surface area contributed by atoms with Gasteiger partial charge in [-0.2, -0.15) is 0 Å². The Balaban J connectivity index is 2.14. The molecule has 0 saturated carbocycles. The van der Waals surface area contributed by atoms with Gasteiger partial charge in [-0.3, -0.25) is 0 Å². The number of hydrogen-bond acceptors (Lipinski definition) is 3. The van der Waals surface area contributed by atoms with Crippen LogP contribution in [-0.4, -0.2) is 17.0 Å². The van der Waals surface area contributed by atoms with Crippen molar-refractivity contribution in [1.29, 1.82) is 0 Å². The van der Waals surface area contributed by atoms with E-state index in [0.717, 1.165) is 11.1 Å². The second-order valence-electron chi connectivity index (χ2n) is 4.72. The summed E-state index contributed by atoms with van der Waals surface area (Å²) < 4.78 is 11.8. The van der Waals surface area contributed by atoms with E-state index in [4.69, 9.17) is 9.47 Å². The Morgan fingerprint density at radius 1 is 1.10 bits per heavy atom. The first-order valence-electron chi connectivity index (χ1n) is 6.40. The molecule has 3 atom stereocenters. The van der Waals surface area contributed by atoms with Crippen LogP contribution < -0.4 is 4.74 Å². The number of aliphatic hydroxyl groups is 1. The normalized spacial score (nSPS) is 28.6. The lowest BCUT2D eigenvalue weighted by Gasteiger charge is -2.43. The highest BCUT2D eigenvalue weighted by Gasteiger charge is 2.50. The molecule has 0 radical (unpaired) electrons. The summed E-state index contributed by atoms with van der Waals surface area (Å²) >= 11 is 3.54. The molecule has 0 spiro atoms. The molecule has 3 nitrogen and oxygen atoms in total. The van der Waals surface area contributed by atoms with Crippen molar-refractivity contribution in [2.45, 2.75) is 16.7 Å². The van der Waals surface area contributed by atoms with E-state index in [-0.39, 0.29) is 0 Å². The zero-order valence-electron chi connectivity index (χ0n) is 11.0. The third-order valence-electron chi connectivity index (χ3n) is 3.62. The average molecular weight is 335 g/mol. The number of rotatable bonds is 2. The lowest BCUT2D eigenvalue weighted by atomic mass is 9.91. The number of alkyl halides is 1. The van der Waals surface area contributed by atoms with Crippen LogP contribution in [0, 0.1) is 0 Å². The number of methoxy groups -OCH3 is 1. The van der Waals surface area contributed by atoms with Gasteiger partial charge in [0.15, 0.2) is 0 Å². The van der Waals surface area contributed by atoms with Crippen LogP contribution in [0.5, 0.6) is 5.75 Å². The molecule has 0 saturated heterocycles. The SMILES string of the molecule is COC1(c2ccccc2)Oc2ccccc2C(O)C1Br. The zero-order valence-corrected chi connectivity index (χ0v) is 12.6. The standard InChI is InChI=1S/C16H15BrO3/c1-19-16(11-7-3-2-4-8-11)15(17)14(18)12-9-5-6-10-13(12)20-16/h2-10,14-15,18H,1H3. The molecule has 0 fully saturated rings. The van der Waals surface area contributed by atoms with Gasteiger partial charge in [-0.25, -0.2) is 0 Å². The van der Waals surface area contributed by atoms with Crippen LogP contribution in [0.1, 0.15) is 17.2 Å². The topological polar surface area (TPSA) is 38.7 Å². The van der Waals surface area contributed by atoms with Crippen LogP contribution in [0.4, 0.5) is 0 Å². The number of halogens is 1. The largest absolute Gasteiger partial charge is 0.456 e. The number of benzene rings is 2. The first kappa shape index (κ1) is 13.6. The molecule has 1 N–H and O–H groups in total. The first-order valence-corrected chi connectivity index (χ1v) is 7.31. The number of ether oxygens (including phenoxy) is 2. The van der Waals surface area contributed by atoms with Crippen LogP contribution in [0.2, 0.25) is 0 Å². The molecule has 0 aliphatic carbocycles. The summed E-state index contributed by atoms with van der Waals surface area (Å²) in [6.07, 6.45) is -0.708. The van der Waals surface area contributed by atoms with Gasteiger partial charge in [-0.1, -0.05) is 64.5 Å². The Kier molecular flexibility index (Phi) is 3.54. The van der Waals surface area contributed by atoms with Gasteiger partial charge in [-0.05, 0) is 6.07 Å². The summed E-state index contributed by atoms with van der Waals surface area (Å²) in [5, 5.41) is 10.6. The second kappa shape index (κ2) is 5.20. The van der Waals surface area contributed by atoms with E-state index in [9.17, 15) is 5.11 Å². The minimum atomic E-state index is -1.05. The van der Waals surface area contributed by atoms with E-state index in [2.05, 4.69) is 15.9 Å². The number of fused-ring (bicyclic) bond motifs is 1. The lowest BCUT2D eigenvalue weighted by Crippen LogP contribution is -2.49. The summed E-state index contributed by atoms with van der Waals surface area (Å²) in [5.74, 6) is -0.406. The van der Waals surface area contributed by atoms with Crippen LogP contribution in [-0.2, 0) is 10.5 Å². The Morgan fingerprint density at radius 2 is 1.75 bits per heavy atom. The average Bonchev–Trinajstić information content (AvgIpc) is 2.52. The summed E-state index contributed by atoms with van der Waals surface area (Å²) in [4.78, 5) is -0.405. The fraction of sp³-hybridized carbons (Fsp3) is 0.250. The molecule has 1 heterocycles. The van der Waals surface area contributed by atoms with Gasteiger partial charge < -0.3 is 14.6 Å². The highest BCUT2D eigenvalue weighted by atomic mass is 79.9. The zero-order chi connectivity index (χ0) is 14.2. The van der Waals surface area contributed by atoms with Gasteiger partial charge in [0.25, 0.3) is 5.79 Å². The molecular formula is C16H15BrO3. The fourth-order valence-corrected chi connectivity index (χ4v) is 3.39. The van der Waals surface area contributed by atoms with Crippen molar-refractivity contribution < 1.29 is 14.6 Å². The molecule has 20 heavy (non-hydrogen) atoms. The van der Waals surface area contributed by atoms with Gasteiger partial charge in [0.05, 0.1) is 0 Å². The molecule has 1 aliphatic heterocycles. The Morgan fingerprint density at radius 3 is 2.45 bits per heavy atom. The number of hydrogen-bond donors (Lipinski definition) is 1. The minimum absolute atomic E-state index is 0.405. The fourth-order valence-electron chi connectivity index (χ4n) is 2.56. The number of para-hydroxylation sites is 1. The molecule has 4 heteroatoms. The van der Waals surface area contributed by atoms with Gasteiger partial charge in [-0.15, -0.1) is 0 Å². The van der Waals surface area contributed by atoms with Gasteiger partial charge in [0.2, 0.25) is 0 Å². The quantitative estimate of drug-likeness (QED) is 0.855. The molecular weight excluding hydrogens is 320 g/mol. The van der Waals surface area contributed by atoms with E-state index >= 15 is 0 Å². The summed E-state index contributed by atoms with van der Waals surface area (Å²) in [6, 6.07) is 17.1. The van der Waals surface area contributed by atoms with Crippen molar-refractivity contribution >= 4 is 15.9 Å². The maximum absolute atomic E-state index is 10.6. The van der Waals surface area contributed by atoms with Crippen LogP contribution >= 0.6 is 15.9 Å². The Hall–Kier alpha value is -1.36. The van der Waals surface area contributed by atoms with Crippen LogP contribution in [0.25, 0.3) is 0 Å². The predicted octanol–water partition coefficient (Wildman–Crippen LogP) is 3.38. The predicted molar refractivity (Wildman–Crippen MR) is 79.9 cm³/mol. The molecule has 3 unspecified atom stereocenters. The molecule has 0 aromatic heterocycles.